The third-order valence-corrected chi connectivity index (χ3v) is 2.52. The van der Waals surface area contributed by atoms with Crippen molar-refractivity contribution in [2.45, 2.75) is 0 Å². The maximum absolute atomic E-state index is 13.9. The van der Waals surface area contributed by atoms with Crippen molar-refractivity contribution in [1.29, 1.82) is 5.26 Å². The summed E-state index contributed by atoms with van der Waals surface area (Å²) in [5, 5.41) is 11.3. The summed E-state index contributed by atoms with van der Waals surface area (Å²) in [6.07, 6.45) is 1.26. The van der Waals surface area contributed by atoms with E-state index in [4.69, 9.17) is 11.1 Å². The van der Waals surface area contributed by atoms with E-state index in [0.29, 0.717) is 11.3 Å². The number of carbonyl (C=O) groups excluding carboxylic acids is 1. The summed E-state index contributed by atoms with van der Waals surface area (Å²) < 4.78 is 13.9. The second kappa shape index (κ2) is 5.77. The van der Waals surface area contributed by atoms with Crippen molar-refractivity contribution in [1.82, 2.24) is 4.98 Å². The Kier molecular flexibility index (Phi) is 3.88. The van der Waals surface area contributed by atoms with Gasteiger partial charge < -0.3 is 10.7 Å². The summed E-state index contributed by atoms with van der Waals surface area (Å²) in [7, 11) is 0. The van der Waals surface area contributed by atoms with Crippen LogP contribution in [0.1, 0.15) is 15.9 Å². The zero-order valence-corrected chi connectivity index (χ0v) is 10.2. The highest BCUT2D eigenvalue weighted by Gasteiger charge is 2.15. The lowest BCUT2D eigenvalue weighted by Gasteiger charge is -2.08. The number of hydrazine groups is 1. The van der Waals surface area contributed by atoms with Crippen LogP contribution in [0, 0.1) is 17.1 Å². The van der Waals surface area contributed by atoms with Crippen LogP contribution in [0.4, 0.5) is 15.9 Å². The SMILES string of the molecule is N#Cc1cccc(NC(=O)c2ccnc(NN)c2F)c1. The Bertz CT molecular complexity index is 695. The van der Waals surface area contributed by atoms with Crippen LogP contribution in [0.3, 0.4) is 0 Å². The molecule has 0 unspecified atom stereocenters. The topological polar surface area (TPSA) is 104 Å². The highest BCUT2D eigenvalue weighted by Crippen LogP contribution is 2.16. The number of hydrogen-bond donors (Lipinski definition) is 3. The van der Waals surface area contributed by atoms with Crippen molar-refractivity contribution < 1.29 is 9.18 Å². The molecule has 0 atom stereocenters. The Morgan fingerprint density at radius 2 is 2.20 bits per heavy atom. The largest absolute Gasteiger partial charge is 0.322 e. The number of nitriles is 1. The molecule has 100 valence electrons. The van der Waals surface area contributed by atoms with Gasteiger partial charge in [0.25, 0.3) is 5.91 Å². The minimum atomic E-state index is -0.844. The van der Waals surface area contributed by atoms with Crippen molar-refractivity contribution in [3.63, 3.8) is 0 Å². The molecule has 0 saturated heterocycles. The second-order valence-corrected chi connectivity index (χ2v) is 3.81. The van der Waals surface area contributed by atoms with Gasteiger partial charge in [0.1, 0.15) is 0 Å². The minimum absolute atomic E-state index is 0.199. The molecule has 0 saturated carbocycles. The van der Waals surface area contributed by atoms with Crippen LogP contribution in [-0.4, -0.2) is 10.9 Å². The highest BCUT2D eigenvalue weighted by atomic mass is 19.1. The number of amides is 1. The Hall–Kier alpha value is -2.98. The fourth-order valence-electron chi connectivity index (χ4n) is 1.58. The van der Waals surface area contributed by atoms with E-state index in [0.717, 1.165) is 0 Å². The van der Waals surface area contributed by atoms with Crippen molar-refractivity contribution >= 4 is 17.4 Å². The quantitative estimate of drug-likeness (QED) is 0.581. The number of aromatic nitrogens is 1. The molecule has 0 radical (unpaired) electrons. The Balaban J connectivity index is 2.26. The molecule has 0 bridgehead atoms. The van der Waals surface area contributed by atoms with Gasteiger partial charge >= 0.3 is 0 Å². The monoisotopic (exact) mass is 271 g/mol. The van der Waals surface area contributed by atoms with Gasteiger partial charge in [-0.1, -0.05) is 6.07 Å². The van der Waals surface area contributed by atoms with Crippen LogP contribution >= 0.6 is 0 Å². The van der Waals surface area contributed by atoms with Crippen molar-refractivity contribution in [3.05, 3.63) is 53.5 Å². The minimum Gasteiger partial charge on any atom is -0.322 e. The number of nitrogens with one attached hydrogen (secondary N) is 2. The number of nitrogens with zero attached hydrogens (tertiary/aromatic N) is 2. The van der Waals surface area contributed by atoms with Crippen LogP contribution in [0.25, 0.3) is 0 Å². The predicted molar refractivity (Wildman–Crippen MR) is 71.1 cm³/mol. The van der Waals surface area contributed by atoms with Gasteiger partial charge in [0.15, 0.2) is 11.6 Å². The summed E-state index contributed by atoms with van der Waals surface area (Å²) in [5.74, 6) is 3.37. The van der Waals surface area contributed by atoms with E-state index in [1.165, 1.54) is 18.3 Å². The van der Waals surface area contributed by atoms with Crippen molar-refractivity contribution in [3.8, 4) is 6.07 Å². The summed E-state index contributed by atoms with van der Waals surface area (Å²) in [5.41, 5.74) is 2.65. The van der Waals surface area contributed by atoms with Crippen LogP contribution in [0.15, 0.2) is 36.5 Å². The molecule has 2 rings (SSSR count). The Morgan fingerprint density at radius 1 is 1.40 bits per heavy atom. The number of hydrogen-bond acceptors (Lipinski definition) is 5. The molecule has 0 aliphatic carbocycles. The van der Waals surface area contributed by atoms with Gasteiger partial charge in [0.05, 0.1) is 17.2 Å². The van der Waals surface area contributed by atoms with E-state index in [9.17, 15) is 9.18 Å². The van der Waals surface area contributed by atoms with E-state index in [1.807, 2.05) is 6.07 Å². The number of nitrogens with two attached hydrogens (primary N) is 1. The molecule has 1 amide bonds. The van der Waals surface area contributed by atoms with Gasteiger partial charge in [-0.15, -0.1) is 0 Å². The highest BCUT2D eigenvalue weighted by molar-refractivity contribution is 6.04. The number of benzene rings is 1. The van der Waals surface area contributed by atoms with Gasteiger partial charge in [-0.05, 0) is 24.3 Å². The molecule has 6 nitrogen and oxygen atoms in total. The van der Waals surface area contributed by atoms with Crippen LogP contribution in [0.5, 0.6) is 0 Å². The van der Waals surface area contributed by atoms with Gasteiger partial charge in [-0.3, -0.25) is 4.79 Å². The molecule has 0 aliphatic rings. The van der Waals surface area contributed by atoms with E-state index >= 15 is 0 Å². The van der Waals surface area contributed by atoms with E-state index in [-0.39, 0.29) is 11.4 Å². The normalized spacial score (nSPS) is 9.65. The lowest BCUT2D eigenvalue weighted by molar-refractivity contribution is 0.102. The lowest BCUT2D eigenvalue weighted by Crippen LogP contribution is -2.17. The summed E-state index contributed by atoms with van der Waals surface area (Å²) in [4.78, 5) is 15.6. The number of carbonyl (C=O) groups is 1. The van der Waals surface area contributed by atoms with Gasteiger partial charge in [0.2, 0.25) is 0 Å². The molecule has 1 aromatic carbocycles. The lowest BCUT2D eigenvalue weighted by atomic mass is 10.2. The predicted octanol–water partition coefficient (Wildman–Crippen LogP) is 1.63. The molecule has 7 heteroatoms. The van der Waals surface area contributed by atoms with Crippen LogP contribution < -0.4 is 16.6 Å². The standard InChI is InChI=1S/C13H10FN5O/c14-11-10(4-5-17-12(11)19-16)13(20)18-9-3-1-2-8(6-9)7-15/h1-6H,16H2,(H,17,19)(H,18,20). The third kappa shape index (κ3) is 2.71. The number of pyridine rings is 1. The summed E-state index contributed by atoms with van der Waals surface area (Å²) in [6.45, 7) is 0. The zero-order chi connectivity index (χ0) is 14.5. The molecular formula is C13H10FN5O. The first-order chi connectivity index (χ1) is 9.65. The van der Waals surface area contributed by atoms with Crippen molar-refractivity contribution in [2.75, 3.05) is 10.7 Å². The van der Waals surface area contributed by atoms with Gasteiger partial charge in [-0.25, -0.2) is 15.2 Å². The molecule has 2 aromatic rings. The average Bonchev–Trinajstić information content (AvgIpc) is 2.47. The number of rotatable bonds is 3. The van der Waals surface area contributed by atoms with E-state index < -0.39 is 11.7 Å². The molecule has 20 heavy (non-hydrogen) atoms. The average molecular weight is 271 g/mol. The van der Waals surface area contributed by atoms with Gasteiger partial charge in [-0.2, -0.15) is 5.26 Å². The molecule has 0 fully saturated rings. The second-order valence-electron chi connectivity index (χ2n) is 3.81. The maximum atomic E-state index is 13.9. The first-order valence-electron chi connectivity index (χ1n) is 5.58. The number of halogens is 1. The van der Waals surface area contributed by atoms with Crippen LogP contribution in [-0.2, 0) is 0 Å². The van der Waals surface area contributed by atoms with Gasteiger partial charge in [0, 0.05) is 11.9 Å². The number of nitrogen functional groups attached to an aromatic ring is 1. The summed E-state index contributed by atoms with van der Waals surface area (Å²) >= 11 is 0. The number of anilines is 2. The van der Waals surface area contributed by atoms with Crippen molar-refractivity contribution in [2.24, 2.45) is 5.84 Å². The first kappa shape index (κ1) is 13.5. The van der Waals surface area contributed by atoms with E-state index in [1.54, 1.807) is 18.2 Å². The molecular weight excluding hydrogens is 261 g/mol. The molecule has 0 spiro atoms. The Morgan fingerprint density at radius 3 is 2.90 bits per heavy atom. The fraction of sp³-hybridized carbons (Fsp3) is 0. The molecule has 4 N–H and O–H groups in total. The smallest absolute Gasteiger partial charge is 0.258 e. The van der Waals surface area contributed by atoms with E-state index in [2.05, 4.69) is 15.7 Å². The first-order valence-corrected chi connectivity index (χ1v) is 5.58. The Labute approximate surface area is 114 Å². The molecule has 1 aromatic heterocycles. The van der Waals surface area contributed by atoms with Crippen LogP contribution in [0.2, 0.25) is 0 Å². The summed E-state index contributed by atoms with van der Waals surface area (Å²) in [6, 6.07) is 9.48. The third-order valence-electron chi connectivity index (χ3n) is 2.52. The maximum Gasteiger partial charge on any atom is 0.258 e. The molecule has 1 heterocycles. The molecule has 0 aliphatic heterocycles. The fourth-order valence-corrected chi connectivity index (χ4v) is 1.58. The zero-order valence-electron chi connectivity index (χ0n) is 10.2.